The van der Waals surface area contributed by atoms with E-state index in [9.17, 15) is 4.79 Å². The van der Waals surface area contributed by atoms with Crippen LogP contribution in [-0.4, -0.2) is 41.4 Å². The average molecular weight is 328 g/mol. The van der Waals surface area contributed by atoms with Crippen LogP contribution in [0.1, 0.15) is 24.0 Å². The lowest BCUT2D eigenvalue weighted by Gasteiger charge is -2.06. The van der Waals surface area contributed by atoms with Gasteiger partial charge in [0.15, 0.2) is 0 Å². The van der Waals surface area contributed by atoms with E-state index in [0.29, 0.717) is 13.0 Å². The normalized spacial score (nSPS) is 10.6. The van der Waals surface area contributed by atoms with E-state index in [4.69, 9.17) is 5.11 Å². The Morgan fingerprint density at radius 3 is 2.71 bits per heavy atom. The Kier molecular flexibility index (Phi) is 9.63. The minimum Gasteiger partial charge on any atom is -0.396 e. The van der Waals surface area contributed by atoms with E-state index in [1.807, 2.05) is 0 Å². The summed E-state index contributed by atoms with van der Waals surface area (Å²) in [5.41, 5.74) is 2.60. The monoisotopic (exact) mass is 327 g/mol. The molecule has 0 atom stereocenters. The molecule has 0 radical (unpaired) electrons. The zero-order valence-corrected chi connectivity index (χ0v) is 14.5. The molecule has 0 heterocycles. The van der Waals surface area contributed by atoms with Gasteiger partial charge in [0.1, 0.15) is 0 Å². The molecule has 0 aromatic heterocycles. The summed E-state index contributed by atoms with van der Waals surface area (Å²) in [4.78, 5) is 12.9. The van der Waals surface area contributed by atoms with Gasteiger partial charge in [-0.3, -0.25) is 4.79 Å². The van der Waals surface area contributed by atoms with Crippen LogP contribution in [0, 0.1) is 13.8 Å². The van der Waals surface area contributed by atoms with Crippen molar-refractivity contribution in [3.63, 3.8) is 0 Å². The molecule has 0 fully saturated rings. The quantitative estimate of drug-likeness (QED) is 0.512. The molecule has 2 N–H and O–H groups in total. The third kappa shape index (κ3) is 8.39. The van der Waals surface area contributed by atoms with Crippen LogP contribution in [0.4, 0.5) is 0 Å². The van der Waals surface area contributed by atoms with Crippen molar-refractivity contribution in [1.29, 1.82) is 0 Å². The zero-order valence-electron chi connectivity index (χ0n) is 12.9. The molecule has 0 unspecified atom stereocenters. The number of amides is 1. The summed E-state index contributed by atoms with van der Waals surface area (Å²) < 4.78 is 0. The maximum atomic E-state index is 11.7. The van der Waals surface area contributed by atoms with Gasteiger partial charge in [0.2, 0.25) is 5.91 Å². The number of aliphatic hydroxyl groups is 1. The topological polar surface area (TPSA) is 49.3 Å². The summed E-state index contributed by atoms with van der Waals surface area (Å²) in [6, 6.07) is 6.42. The van der Waals surface area contributed by atoms with Gasteiger partial charge in [0.25, 0.3) is 0 Å². The molecule has 0 spiro atoms. The molecule has 0 aliphatic carbocycles. The van der Waals surface area contributed by atoms with Crippen molar-refractivity contribution >= 4 is 29.4 Å². The van der Waals surface area contributed by atoms with Crippen molar-refractivity contribution in [2.24, 2.45) is 0 Å². The predicted octanol–water partition coefficient (Wildman–Crippen LogP) is 3.02. The molecule has 0 saturated heterocycles. The SMILES string of the molecule is Cc1ccc(SCCC(=O)NCCSCCCO)cc1C. The number of thioether (sulfide) groups is 2. The number of carbonyl (C=O) groups is 1. The van der Waals surface area contributed by atoms with Crippen molar-refractivity contribution in [2.75, 3.05) is 30.4 Å². The first-order valence-electron chi connectivity index (χ1n) is 7.29. The van der Waals surface area contributed by atoms with Crippen molar-refractivity contribution in [2.45, 2.75) is 31.6 Å². The lowest BCUT2D eigenvalue weighted by molar-refractivity contribution is -0.120. The first-order chi connectivity index (χ1) is 10.1. The largest absolute Gasteiger partial charge is 0.396 e. The van der Waals surface area contributed by atoms with Crippen LogP contribution in [0.3, 0.4) is 0 Å². The van der Waals surface area contributed by atoms with Crippen LogP contribution in [0.2, 0.25) is 0 Å². The molecular formula is C16H25NO2S2. The number of aryl methyl sites for hydroxylation is 2. The van der Waals surface area contributed by atoms with Crippen LogP contribution >= 0.6 is 23.5 Å². The van der Waals surface area contributed by atoms with Crippen molar-refractivity contribution < 1.29 is 9.90 Å². The molecule has 1 aromatic carbocycles. The Bertz CT molecular complexity index is 438. The molecule has 118 valence electrons. The highest BCUT2D eigenvalue weighted by Gasteiger charge is 2.02. The highest BCUT2D eigenvalue weighted by atomic mass is 32.2. The van der Waals surface area contributed by atoms with Crippen LogP contribution in [-0.2, 0) is 4.79 Å². The van der Waals surface area contributed by atoms with Crippen LogP contribution in [0.25, 0.3) is 0 Å². The molecular weight excluding hydrogens is 302 g/mol. The lowest BCUT2D eigenvalue weighted by atomic mass is 10.1. The summed E-state index contributed by atoms with van der Waals surface area (Å²) >= 11 is 3.49. The molecule has 3 nitrogen and oxygen atoms in total. The predicted molar refractivity (Wildman–Crippen MR) is 93.3 cm³/mol. The van der Waals surface area contributed by atoms with E-state index in [2.05, 4.69) is 37.4 Å². The minimum atomic E-state index is 0.120. The summed E-state index contributed by atoms with van der Waals surface area (Å²) in [6.07, 6.45) is 1.38. The van der Waals surface area contributed by atoms with Crippen LogP contribution in [0.5, 0.6) is 0 Å². The van der Waals surface area contributed by atoms with Gasteiger partial charge in [0, 0.05) is 36.0 Å². The molecule has 0 bridgehead atoms. The van der Waals surface area contributed by atoms with Gasteiger partial charge < -0.3 is 10.4 Å². The fourth-order valence-corrected chi connectivity index (χ4v) is 3.42. The van der Waals surface area contributed by atoms with Crippen molar-refractivity contribution in [3.05, 3.63) is 29.3 Å². The number of aliphatic hydroxyl groups excluding tert-OH is 1. The Labute approximate surface area is 136 Å². The molecule has 1 rings (SSSR count). The van der Waals surface area contributed by atoms with Gasteiger partial charge in [-0.25, -0.2) is 0 Å². The maximum Gasteiger partial charge on any atom is 0.220 e. The standard InChI is InChI=1S/C16H25NO2S2/c1-13-4-5-15(12-14(13)2)21-10-6-16(19)17-7-11-20-9-3-8-18/h4-5,12,18H,3,6-11H2,1-2H3,(H,17,19). The van der Waals surface area contributed by atoms with E-state index in [1.165, 1.54) is 16.0 Å². The summed E-state index contributed by atoms with van der Waals surface area (Å²) in [5.74, 6) is 2.80. The lowest BCUT2D eigenvalue weighted by Crippen LogP contribution is -2.26. The number of hydrogen-bond acceptors (Lipinski definition) is 4. The third-order valence-corrected chi connectivity index (χ3v) is 5.16. The van der Waals surface area contributed by atoms with Gasteiger partial charge in [-0.15, -0.1) is 11.8 Å². The molecule has 0 aliphatic heterocycles. The fourth-order valence-electron chi connectivity index (χ4n) is 1.68. The summed E-state index contributed by atoms with van der Waals surface area (Å²) in [7, 11) is 0. The second-order valence-corrected chi connectivity index (χ2v) is 7.28. The number of nitrogens with one attached hydrogen (secondary N) is 1. The Morgan fingerprint density at radius 2 is 2.00 bits per heavy atom. The minimum absolute atomic E-state index is 0.120. The second kappa shape index (κ2) is 11.0. The van der Waals surface area contributed by atoms with Crippen LogP contribution < -0.4 is 5.32 Å². The number of carbonyl (C=O) groups excluding carboxylic acids is 1. The Hall–Kier alpha value is -0.650. The molecule has 0 aliphatic rings. The van der Waals surface area contributed by atoms with E-state index in [1.54, 1.807) is 23.5 Å². The fraction of sp³-hybridized carbons (Fsp3) is 0.562. The van der Waals surface area contributed by atoms with E-state index >= 15 is 0 Å². The van der Waals surface area contributed by atoms with Crippen molar-refractivity contribution in [3.8, 4) is 0 Å². The molecule has 1 amide bonds. The zero-order chi connectivity index (χ0) is 15.5. The highest BCUT2D eigenvalue weighted by molar-refractivity contribution is 7.99. The number of hydrogen-bond donors (Lipinski definition) is 2. The molecule has 5 heteroatoms. The molecule has 21 heavy (non-hydrogen) atoms. The van der Waals surface area contributed by atoms with E-state index < -0.39 is 0 Å². The molecule has 0 saturated carbocycles. The summed E-state index contributed by atoms with van der Waals surface area (Å²) in [5, 5.41) is 11.6. The number of rotatable bonds is 10. The van der Waals surface area contributed by atoms with Gasteiger partial charge in [-0.1, -0.05) is 6.07 Å². The summed E-state index contributed by atoms with van der Waals surface area (Å²) in [6.45, 7) is 5.18. The first-order valence-corrected chi connectivity index (χ1v) is 9.43. The smallest absolute Gasteiger partial charge is 0.220 e. The Balaban J connectivity index is 2.09. The first kappa shape index (κ1) is 18.4. The van der Waals surface area contributed by atoms with Gasteiger partial charge in [-0.05, 0) is 49.3 Å². The van der Waals surface area contributed by atoms with Gasteiger partial charge in [-0.2, -0.15) is 11.8 Å². The van der Waals surface area contributed by atoms with E-state index in [0.717, 1.165) is 23.7 Å². The van der Waals surface area contributed by atoms with Crippen LogP contribution in [0.15, 0.2) is 23.1 Å². The third-order valence-electron chi connectivity index (χ3n) is 3.09. The number of benzene rings is 1. The maximum absolute atomic E-state index is 11.7. The van der Waals surface area contributed by atoms with E-state index in [-0.39, 0.29) is 12.5 Å². The Morgan fingerprint density at radius 1 is 1.19 bits per heavy atom. The van der Waals surface area contributed by atoms with Gasteiger partial charge in [0.05, 0.1) is 0 Å². The average Bonchev–Trinajstić information content (AvgIpc) is 2.46. The highest BCUT2D eigenvalue weighted by Crippen LogP contribution is 2.21. The molecule has 1 aromatic rings. The van der Waals surface area contributed by atoms with Crippen molar-refractivity contribution in [1.82, 2.24) is 5.32 Å². The van der Waals surface area contributed by atoms with Gasteiger partial charge >= 0.3 is 0 Å². The second-order valence-electron chi connectivity index (χ2n) is 4.88.